The van der Waals surface area contributed by atoms with Gasteiger partial charge in [0.2, 0.25) is 5.79 Å². The molecule has 0 atom stereocenters. The highest BCUT2D eigenvalue weighted by Gasteiger charge is 2.26. The fraction of sp³-hybridized carbons (Fsp3) is 0.900. The van der Waals surface area contributed by atoms with Gasteiger partial charge in [-0.25, -0.2) is 0 Å². The number of oxime groups is 1. The third-order valence-corrected chi connectivity index (χ3v) is 2.32. The molecule has 0 aromatic rings. The van der Waals surface area contributed by atoms with Crippen molar-refractivity contribution in [2.75, 3.05) is 14.2 Å². The van der Waals surface area contributed by atoms with E-state index in [-0.39, 0.29) is 0 Å². The highest BCUT2D eigenvalue weighted by Crippen LogP contribution is 2.18. The second kappa shape index (κ2) is 7.76. The van der Waals surface area contributed by atoms with E-state index in [4.69, 9.17) is 14.7 Å². The normalized spacial score (nSPS) is 12.5. The predicted molar refractivity (Wildman–Crippen MR) is 55.8 cm³/mol. The first-order chi connectivity index (χ1) is 6.74. The summed E-state index contributed by atoms with van der Waals surface area (Å²) < 4.78 is 10.4. The number of nitrogens with zero attached hydrogens (tertiary/aromatic N) is 1. The van der Waals surface area contributed by atoms with Crippen LogP contribution in [0.25, 0.3) is 0 Å². The monoisotopic (exact) mass is 203 g/mol. The molecule has 4 nitrogen and oxygen atoms in total. The van der Waals surface area contributed by atoms with E-state index in [9.17, 15) is 0 Å². The molecule has 0 bridgehead atoms. The Morgan fingerprint density at radius 3 is 2.29 bits per heavy atom. The van der Waals surface area contributed by atoms with Crippen molar-refractivity contribution in [1.82, 2.24) is 0 Å². The molecule has 0 aliphatic rings. The van der Waals surface area contributed by atoms with Gasteiger partial charge in [0.15, 0.2) is 0 Å². The van der Waals surface area contributed by atoms with Crippen molar-refractivity contribution in [2.24, 2.45) is 5.16 Å². The Morgan fingerprint density at radius 2 is 1.86 bits per heavy atom. The topological polar surface area (TPSA) is 51.1 Å². The summed E-state index contributed by atoms with van der Waals surface area (Å²) in [5.41, 5.74) is 0. The molecular weight excluding hydrogens is 182 g/mol. The van der Waals surface area contributed by atoms with Gasteiger partial charge in [0.25, 0.3) is 0 Å². The summed E-state index contributed by atoms with van der Waals surface area (Å²) in [5.74, 6) is -0.859. The molecule has 1 N–H and O–H groups in total. The molecule has 84 valence electrons. The van der Waals surface area contributed by atoms with Crippen LogP contribution in [0.3, 0.4) is 0 Å². The molecule has 0 heterocycles. The SMILES string of the molecule is CCCCCCC(C=NO)(OC)OC. The fourth-order valence-corrected chi connectivity index (χ4v) is 1.34. The zero-order valence-electron chi connectivity index (χ0n) is 9.32. The second-order valence-corrected chi connectivity index (χ2v) is 3.28. The van der Waals surface area contributed by atoms with Gasteiger partial charge in [-0.2, -0.15) is 0 Å². The smallest absolute Gasteiger partial charge is 0.208 e. The van der Waals surface area contributed by atoms with Crippen molar-refractivity contribution in [3.05, 3.63) is 0 Å². The highest BCUT2D eigenvalue weighted by molar-refractivity contribution is 5.65. The molecule has 0 aliphatic carbocycles. The molecule has 4 heteroatoms. The Balaban J connectivity index is 3.95. The van der Waals surface area contributed by atoms with Gasteiger partial charge in [0.05, 0.1) is 0 Å². The Hall–Kier alpha value is -0.610. The van der Waals surface area contributed by atoms with Gasteiger partial charge in [0.1, 0.15) is 6.21 Å². The number of rotatable bonds is 8. The predicted octanol–water partition coefficient (Wildman–Crippen LogP) is 2.41. The second-order valence-electron chi connectivity index (χ2n) is 3.28. The van der Waals surface area contributed by atoms with Crippen LogP contribution in [0, 0.1) is 0 Å². The fourth-order valence-electron chi connectivity index (χ4n) is 1.34. The van der Waals surface area contributed by atoms with E-state index < -0.39 is 5.79 Å². The minimum absolute atomic E-state index is 0.712. The summed E-state index contributed by atoms with van der Waals surface area (Å²) in [6.07, 6.45) is 6.55. The zero-order valence-corrected chi connectivity index (χ0v) is 9.32. The molecule has 0 unspecified atom stereocenters. The molecule has 0 aliphatic heterocycles. The van der Waals surface area contributed by atoms with Crippen LogP contribution in [0.1, 0.15) is 39.0 Å². The lowest BCUT2D eigenvalue weighted by Crippen LogP contribution is -2.35. The van der Waals surface area contributed by atoms with Gasteiger partial charge in [-0.05, 0) is 6.42 Å². The first kappa shape index (κ1) is 13.4. The van der Waals surface area contributed by atoms with Crippen molar-refractivity contribution in [1.29, 1.82) is 0 Å². The lowest BCUT2D eigenvalue weighted by Gasteiger charge is -2.25. The molecule has 0 amide bonds. The van der Waals surface area contributed by atoms with Gasteiger partial charge in [0, 0.05) is 20.6 Å². The Bertz CT molecular complexity index is 155. The van der Waals surface area contributed by atoms with E-state index in [1.807, 2.05) is 0 Å². The summed E-state index contributed by atoms with van der Waals surface area (Å²) in [5, 5.41) is 11.5. The molecule has 0 fully saturated rings. The van der Waals surface area contributed by atoms with Gasteiger partial charge in [-0.3, -0.25) is 0 Å². The minimum atomic E-state index is -0.859. The van der Waals surface area contributed by atoms with Crippen LogP contribution in [-0.4, -0.2) is 31.4 Å². The summed E-state index contributed by atoms with van der Waals surface area (Å²) in [7, 11) is 3.09. The van der Waals surface area contributed by atoms with Crippen LogP contribution >= 0.6 is 0 Å². The molecule has 0 radical (unpaired) electrons. The van der Waals surface area contributed by atoms with E-state index in [2.05, 4.69) is 12.1 Å². The van der Waals surface area contributed by atoms with Crippen LogP contribution in [0.15, 0.2) is 5.16 Å². The number of unbranched alkanes of at least 4 members (excludes halogenated alkanes) is 3. The summed E-state index contributed by atoms with van der Waals surface area (Å²) in [6.45, 7) is 2.16. The third kappa shape index (κ3) is 4.58. The van der Waals surface area contributed by atoms with Crippen LogP contribution in [0.2, 0.25) is 0 Å². The lowest BCUT2D eigenvalue weighted by atomic mass is 10.1. The largest absolute Gasteiger partial charge is 0.411 e. The Kier molecular flexibility index (Phi) is 7.42. The van der Waals surface area contributed by atoms with Crippen LogP contribution in [0.5, 0.6) is 0 Å². The molecular formula is C10H21NO3. The lowest BCUT2D eigenvalue weighted by molar-refractivity contribution is -0.155. The number of hydrogen-bond acceptors (Lipinski definition) is 4. The number of hydrogen-bond donors (Lipinski definition) is 1. The quantitative estimate of drug-likeness (QED) is 0.217. The summed E-state index contributed by atoms with van der Waals surface area (Å²) in [4.78, 5) is 0. The summed E-state index contributed by atoms with van der Waals surface area (Å²) >= 11 is 0. The van der Waals surface area contributed by atoms with Crippen LogP contribution < -0.4 is 0 Å². The summed E-state index contributed by atoms with van der Waals surface area (Å²) in [6, 6.07) is 0. The van der Waals surface area contributed by atoms with E-state index in [0.717, 1.165) is 12.8 Å². The van der Waals surface area contributed by atoms with Crippen molar-refractivity contribution in [3.63, 3.8) is 0 Å². The molecule has 0 saturated heterocycles. The van der Waals surface area contributed by atoms with E-state index in [0.29, 0.717) is 6.42 Å². The Morgan fingerprint density at radius 1 is 1.21 bits per heavy atom. The molecule has 0 aromatic heterocycles. The number of methoxy groups -OCH3 is 2. The zero-order chi connectivity index (χ0) is 10.9. The first-order valence-corrected chi connectivity index (χ1v) is 5.03. The van der Waals surface area contributed by atoms with E-state index in [1.165, 1.54) is 19.1 Å². The maximum absolute atomic E-state index is 8.48. The molecule has 14 heavy (non-hydrogen) atoms. The van der Waals surface area contributed by atoms with Crippen LogP contribution in [-0.2, 0) is 9.47 Å². The van der Waals surface area contributed by atoms with Crippen molar-refractivity contribution < 1.29 is 14.7 Å². The van der Waals surface area contributed by atoms with Crippen LogP contribution in [0.4, 0.5) is 0 Å². The molecule has 0 aromatic carbocycles. The third-order valence-electron chi connectivity index (χ3n) is 2.32. The maximum atomic E-state index is 8.48. The molecule has 0 rings (SSSR count). The van der Waals surface area contributed by atoms with Gasteiger partial charge < -0.3 is 14.7 Å². The van der Waals surface area contributed by atoms with Gasteiger partial charge in [-0.1, -0.05) is 31.3 Å². The average molecular weight is 203 g/mol. The molecule has 0 spiro atoms. The average Bonchev–Trinajstić information content (AvgIpc) is 2.23. The minimum Gasteiger partial charge on any atom is -0.411 e. The Labute approximate surface area is 85.9 Å². The van der Waals surface area contributed by atoms with Crippen molar-refractivity contribution in [3.8, 4) is 0 Å². The van der Waals surface area contributed by atoms with Gasteiger partial charge >= 0.3 is 0 Å². The standard InChI is InChI=1S/C10H21NO3/c1-4-5-6-7-8-10(13-2,14-3)9-11-12/h9,12H,4-8H2,1-3H3. The first-order valence-electron chi connectivity index (χ1n) is 5.03. The van der Waals surface area contributed by atoms with Crippen molar-refractivity contribution in [2.45, 2.75) is 44.8 Å². The maximum Gasteiger partial charge on any atom is 0.208 e. The van der Waals surface area contributed by atoms with Gasteiger partial charge in [-0.15, -0.1) is 0 Å². The van der Waals surface area contributed by atoms with Crippen molar-refractivity contribution >= 4 is 6.21 Å². The molecule has 0 saturated carbocycles. The number of ether oxygens (including phenoxy) is 2. The van der Waals surface area contributed by atoms with E-state index >= 15 is 0 Å². The van der Waals surface area contributed by atoms with E-state index in [1.54, 1.807) is 14.2 Å². The highest BCUT2D eigenvalue weighted by atomic mass is 16.7.